The maximum atomic E-state index is 13.2. The Hall–Kier alpha value is -1.91. The third kappa shape index (κ3) is 3.93. The van der Waals surface area contributed by atoms with Crippen molar-refractivity contribution in [1.29, 1.82) is 0 Å². The van der Waals surface area contributed by atoms with Gasteiger partial charge in [-0.05, 0) is 0 Å². The van der Waals surface area contributed by atoms with Crippen molar-refractivity contribution in [3.63, 3.8) is 0 Å². The lowest BCUT2D eigenvalue weighted by atomic mass is 9.91. The van der Waals surface area contributed by atoms with Crippen LogP contribution < -0.4 is 0 Å². The number of esters is 1. The Morgan fingerprint density at radius 2 is 0.931 bits per heavy atom. The van der Waals surface area contributed by atoms with Gasteiger partial charge in [-0.15, -0.1) is 0 Å². The first-order valence-electron chi connectivity index (χ1n) is 6.18. The highest BCUT2D eigenvalue weighted by Crippen LogP contribution is 2.62. The minimum Gasteiger partial charge on any atom is -0.454 e. The van der Waals surface area contributed by atoms with Crippen molar-refractivity contribution >= 4 is 5.97 Å². The van der Waals surface area contributed by atoms with Crippen LogP contribution in [0.15, 0.2) is 12.4 Å². The molecule has 0 saturated heterocycles. The van der Waals surface area contributed by atoms with Crippen LogP contribution in [0.5, 0.6) is 0 Å². The van der Waals surface area contributed by atoms with Crippen molar-refractivity contribution in [3.05, 3.63) is 12.4 Å². The quantitative estimate of drug-likeness (QED) is 0.269. The summed E-state index contributed by atoms with van der Waals surface area (Å²) in [4.78, 5) is 10.4. The molecule has 0 aliphatic heterocycles. The first kappa shape index (κ1) is 27.1. The standard InChI is InChI=1S/C11H4F16O2/c1-3(12)4(28)29-2-5(13,14)6(15,16)7(17,18)8(19,20)9(21,22)10(23,24)11(25,26)27/h1-2H2. The molecule has 0 saturated carbocycles. The van der Waals surface area contributed by atoms with Crippen molar-refractivity contribution in [1.82, 2.24) is 0 Å². The second kappa shape index (κ2) is 7.10. The van der Waals surface area contributed by atoms with Crippen LogP contribution in [0.25, 0.3) is 0 Å². The van der Waals surface area contributed by atoms with Crippen LogP contribution in [0.2, 0.25) is 0 Å². The van der Waals surface area contributed by atoms with Gasteiger partial charge in [-0.2, -0.15) is 70.2 Å². The monoisotopic (exact) mass is 472 g/mol. The molecular weight excluding hydrogens is 468 g/mol. The van der Waals surface area contributed by atoms with E-state index >= 15 is 0 Å². The van der Waals surface area contributed by atoms with Crippen molar-refractivity contribution < 1.29 is 79.8 Å². The number of halogens is 16. The number of ether oxygens (including phenoxy) is 1. The van der Waals surface area contributed by atoms with Gasteiger partial charge in [0.25, 0.3) is 0 Å². The van der Waals surface area contributed by atoms with Gasteiger partial charge in [0.2, 0.25) is 5.83 Å². The third-order valence-corrected chi connectivity index (χ3v) is 3.00. The molecule has 0 N–H and O–H groups in total. The summed E-state index contributed by atoms with van der Waals surface area (Å²) in [5.41, 5.74) is 0. The SMILES string of the molecule is C=C(F)C(=O)OCC(F)(F)C(F)(F)C(F)(F)C(F)(F)C(F)(F)C(F)(F)C(F)(F)F. The largest absolute Gasteiger partial charge is 0.460 e. The van der Waals surface area contributed by atoms with E-state index in [-0.39, 0.29) is 0 Å². The first-order valence-corrected chi connectivity index (χ1v) is 6.18. The normalized spacial score (nSPS) is 15.3. The molecule has 0 rings (SSSR count). The van der Waals surface area contributed by atoms with Crippen LogP contribution in [0.1, 0.15) is 0 Å². The van der Waals surface area contributed by atoms with Gasteiger partial charge in [0.05, 0.1) is 0 Å². The van der Waals surface area contributed by atoms with Crippen LogP contribution in [-0.2, 0) is 9.53 Å². The molecule has 0 amide bonds. The molecule has 0 unspecified atom stereocenters. The summed E-state index contributed by atoms with van der Waals surface area (Å²) in [6, 6.07) is 0. The van der Waals surface area contributed by atoms with Gasteiger partial charge in [0.1, 0.15) is 0 Å². The van der Waals surface area contributed by atoms with E-state index in [1.54, 1.807) is 0 Å². The van der Waals surface area contributed by atoms with Gasteiger partial charge in [0.15, 0.2) is 6.61 Å². The molecule has 0 spiro atoms. The average molecular weight is 472 g/mol. The number of hydrogen-bond acceptors (Lipinski definition) is 2. The molecule has 0 aromatic rings. The van der Waals surface area contributed by atoms with E-state index in [2.05, 4.69) is 11.3 Å². The van der Waals surface area contributed by atoms with E-state index < -0.39 is 60.1 Å². The van der Waals surface area contributed by atoms with Crippen LogP contribution >= 0.6 is 0 Å². The molecule has 172 valence electrons. The van der Waals surface area contributed by atoms with Gasteiger partial charge in [0, 0.05) is 0 Å². The lowest BCUT2D eigenvalue weighted by Crippen LogP contribution is -2.73. The summed E-state index contributed by atoms with van der Waals surface area (Å²) in [6.07, 6.45) is -7.70. The van der Waals surface area contributed by atoms with Crippen molar-refractivity contribution in [2.45, 2.75) is 41.7 Å². The fraction of sp³-hybridized carbons (Fsp3) is 0.727. The summed E-state index contributed by atoms with van der Waals surface area (Å²) < 4.78 is 206. The van der Waals surface area contributed by atoms with Gasteiger partial charge in [-0.3, -0.25) is 0 Å². The maximum Gasteiger partial charge on any atom is 0.460 e. The Morgan fingerprint density at radius 3 is 1.24 bits per heavy atom. The van der Waals surface area contributed by atoms with Crippen LogP contribution in [-0.4, -0.2) is 54.3 Å². The van der Waals surface area contributed by atoms with E-state index in [0.29, 0.717) is 0 Å². The minimum atomic E-state index is -8.44. The molecule has 0 aliphatic rings. The Morgan fingerprint density at radius 1 is 0.621 bits per heavy atom. The fourth-order valence-electron chi connectivity index (χ4n) is 1.32. The molecule has 0 aromatic heterocycles. The van der Waals surface area contributed by atoms with Gasteiger partial charge < -0.3 is 4.74 Å². The molecule has 0 atom stereocenters. The van der Waals surface area contributed by atoms with Crippen molar-refractivity contribution in [2.24, 2.45) is 0 Å². The number of carbonyl (C=O) groups excluding carboxylic acids is 1. The summed E-state index contributed by atoms with van der Waals surface area (Å²) >= 11 is 0. The zero-order valence-electron chi connectivity index (χ0n) is 12.8. The van der Waals surface area contributed by atoms with Crippen LogP contribution in [0, 0.1) is 0 Å². The topological polar surface area (TPSA) is 26.3 Å². The van der Waals surface area contributed by atoms with Crippen molar-refractivity contribution in [2.75, 3.05) is 6.61 Å². The third-order valence-electron chi connectivity index (χ3n) is 3.00. The summed E-state index contributed by atoms with van der Waals surface area (Å²) in [6.45, 7) is -1.35. The smallest absolute Gasteiger partial charge is 0.454 e. The van der Waals surface area contributed by atoms with E-state index in [4.69, 9.17) is 0 Å². The molecule has 2 nitrogen and oxygen atoms in total. The van der Waals surface area contributed by atoms with Crippen LogP contribution in [0.4, 0.5) is 70.2 Å². The van der Waals surface area contributed by atoms with Crippen LogP contribution in [0.3, 0.4) is 0 Å². The first-order chi connectivity index (χ1) is 12.3. The molecule has 0 fully saturated rings. The molecule has 0 heterocycles. The van der Waals surface area contributed by atoms with Crippen molar-refractivity contribution in [3.8, 4) is 0 Å². The number of carbonyl (C=O) groups is 1. The maximum absolute atomic E-state index is 13.2. The second-order valence-electron chi connectivity index (χ2n) is 5.06. The fourth-order valence-corrected chi connectivity index (χ4v) is 1.32. The zero-order chi connectivity index (χ0) is 24.1. The molecule has 0 bridgehead atoms. The van der Waals surface area contributed by atoms with E-state index in [1.165, 1.54) is 0 Å². The van der Waals surface area contributed by atoms with Gasteiger partial charge in [-0.1, -0.05) is 6.58 Å². The predicted octanol–water partition coefficient (Wildman–Crippen LogP) is 5.39. The van der Waals surface area contributed by atoms with Gasteiger partial charge in [-0.25, -0.2) is 4.79 Å². The highest BCUT2D eigenvalue weighted by molar-refractivity contribution is 5.85. The lowest BCUT2D eigenvalue weighted by molar-refractivity contribution is -0.453. The molecular formula is C11H4F16O2. The van der Waals surface area contributed by atoms with E-state index in [9.17, 15) is 75.0 Å². The Labute approximate surface area is 148 Å². The summed E-state index contributed by atoms with van der Waals surface area (Å²) in [5.74, 6) is -52.8. The predicted molar refractivity (Wildman–Crippen MR) is 56.9 cm³/mol. The molecule has 0 aromatic carbocycles. The summed E-state index contributed by atoms with van der Waals surface area (Å²) in [5, 5.41) is 0. The zero-order valence-corrected chi connectivity index (χ0v) is 12.8. The minimum absolute atomic E-state index is 2.06. The molecule has 0 radical (unpaired) electrons. The van der Waals surface area contributed by atoms with E-state index in [1.807, 2.05) is 0 Å². The Bertz CT molecular complexity index is 646. The number of alkyl halides is 15. The molecule has 18 heteroatoms. The lowest BCUT2D eigenvalue weighted by Gasteiger charge is -2.41. The summed E-state index contributed by atoms with van der Waals surface area (Å²) in [7, 11) is 0. The Kier molecular flexibility index (Phi) is 6.63. The number of rotatable bonds is 8. The highest BCUT2D eigenvalue weighted by Gasteiger charge is 2.93. The molecule has 0 aliphatic carbocycles. The van der Waals surface area contributed by atoms with E-state index in [0.717, 1.165) is 0 Å². The highest BCUT2D eigenvalue weighted by atomic mass is 19.4. The second-order valence-corrected chi connectivity index (χ2v) is 5.06. The number of hydrogen-bond donors (Lipinski definition) is 0. The average Bonchev–Trinajstić information content (AvgIpc) is 2.50. The van der Waals surface area contributed by atoms with Gasteiger partial charge >= 0.3 is 47.7 Å². The molecule has 29 heavy (non-hydrogen) atoms. The Balaban J connectivity index is 6.28.